The number of nitrogens with zero attached hydrogens (tertiary/aromatic N) is 1. The summed E-state index contributed by atoms with van der Waals surface area (Å²) in [6.07, 6.45) is 0.0915. The summed E-state index contributed by atoms with van der Waals surface area (Å²) >= 11 is 0. The molecule has 15 heavy (non-hydrogen) atoms. The molecule has 5 heteroatoms. The second-order valence-electron chi connectivity index (χ2n) is 3.55. The number of esters is 1. The highest BCUT2D eigenvalue weighted by atomic mass is 16.5. The largest absolute Gasteiger partial charge is 0.465 e. The first-order chi connectivity index (χ1) is 7.21. The van der Waals surface area contributed by atoms with Crippen molar-refractivity contribution in [3.8, 4) is 0 Å². The maximum absolute atomic E-state index is 11.2. The Hall–Kier alpha value is -0.650. The molecular formula is C10H19NO4. The minimum atomic E-state index is -0.191. The summed E-state index contributed by atoms with van der Waals surface area (Å²) in [5, 5.41) is 0. The van der Waals surface area contributed by atoms with Crippen LogP contribution in [0.15, 0.2) is 0 Å². The van der Waals surface area contributed by atoms with Crippen LogP contribution in [0.4, 0.5) is 0 Å². The molecule has 0 bridgehead atoms. The van der Waals surface area contributed by atoms with E-state index in [0.29, 0.717) is 26.2 Å². The highest BCUT2D eigenvalue weighted by Crippen LogP contribution is 2.15. The van der Waals surface area contributed by atoms with Crippen molar-refractivity contribution >= 4 is 5.97 Å². The van der Waals surface area contributed by atoms with Gasteiger partial charge in [0.2, 0.25) is 0 Å². The Morgan fingerprint density at radius 3 is 2.20 bits per heavy atom. The maximum atomic E-state index is 11.2. The number of methoxy groups -OCH3 is 2. The van der Waals surface area contributed by atoms with Crippen LogP contribution >= 0.6 is 0 Å². The number of ether oxygens (including phenoxy) is 3. The quantitative estimate of drug-likeness (QED) is 0.602. The van der Waals surface area contributed by atoms with E-state index < -0.39 is 0 Å². The van der Waals surface area contributed by atoms with Crippen molar-refractivity contribution in [2.24, 2.45) is 0 Å². The van der Waals surface area contributed by atoms with Crippen LogP contribution in [0, 0.1) is 0 Å². The maximum Gasteiger partial charge on any atom is 0.320 e. The molecular weight excluding hydrogens is 198 g/mol. The second kappa shape index (κ2) is 6.05. The van der Waals surface area contributed by atoms with E-state index in [2.05, 4.69) is 0 Å². The van der Waals surface area contributed by atoms with Gasteiger partial charge >= 0.3 is 5.97 Å². The topological polar surface area (TPSA) is 48.0 Å². The Morgan fingerprint density at radius 2 is 1.80 bits per heavy atom. The Kier molecular flexibility index (Phi) is 5.01. The summed E-state index contributed by atoms with van der Waals surface area (Å²) in [7, 11) is 3.31. The van der Waals surface area contributed by atoms with Crippen molar-refractivity contribution in [1.82, 2.24) is 4.90 Å². The third-order valence-corrected chi connectivity index (χ3v) is 2.55. The summed E-state index contributed by atoms with van der Waals surface area (Å²) in [4.78, 5) is 13.2. The first-order valence-corrected chi connectivity index (χ1v) is 5.14. The Morgan fingerprint density at radius 1 is 1.27 bits per heavy atom. The van der Waals surface area contributed by atoms with Crippen molar-refractivity contribution in [2.75, 3.05) is 40.5 Å². The first kappa shape index (κ1) is 12.4. The summed E-state index contributed by atoms with van der Waals surface area (Å²) in [5.74, 6) is -0.191. The van der Waals surface area contributed by atoms with Crippen LogP contribution in [0.2, 0.25) is 0 Å². The van der Waals surface area contributed by atoms with Gasteiger partial charge in [-0.2, -0.15) is 0 Å². The van der Waals surface area contributed by atoms with Gasteiger partial charge in [-0.1, -0.05) is 0 Å². The van der Waals surface area contributed by atoms with Crippen LogP contribution in [0.25, 0.3) is 0 Å². The zero-order valence-electron chi connectivity index (χ0n) is 9.56. The average molecular weight is 217 g/mol. The molecule has 1 aliphatic rings. The van der Waals surface area contributed by atoms with E-state index >= 15 is 0 Å². The lowest BCUT2D eigenvalue weighted by atomic mass is 10.3. The molecule has 2 unspecified atom stereocenters. The van der Waals surface area contributed by atoms with E-state index in [4.69, 9.17) is 14.2 Å². The van der Waals surface area contributed by atoms with E-state index in [-0.39, 0.29) is 18.2 Å². The fourth-order valence-corrected chi connectivity index (χ4v) is 1.79. The summed E-state index contributed by atoms with van der Waals surface area (Å²) in [6, 6.07) is 0. The molecule has 1 heterocycles. The number of carbonyl (C=O) groups excluding carboxylic acids is 1. The van der Waals surface area contributed by atoms with Crippen molar-refractivity contribution in [2.45, 2.75) is 19.1 Å². The Bertz CT molecular complexity index is 198. The highest BCUT2D eigenvalue weighted by Gasteiger charge is 2.33. The predicted octanol–water partition coefficient (Wildman–Crippen LogP) is -0.105. The van der Waals surface area contributed by atoms with Gasteiger partial charge in [0.1, 0.15) is 0 Å². The number of hydrogen-bond donors (Lipinski definition) is 0. The van der Waals surface area contributed by atoms with Crippen molar-refractivity contribution in [3.05, 3.63) is 0 Å². The number of hydrogen-bond acceptors (Lipinski definition) is 5. The number of carbonyl (C=O) groups is 1. The molecule has 2 atom stereocenters. The van der Waals surface area contributed by atoms with Crippen molar-refractivity contribution in [3.63, 3.8) is 0 Å². The van der Waals surface area contributed by atoms with Gasteiger partial charge in [-0.3, -0.25) is 9.69 Å². The van der Waals surface area contributed by atoms with Crippen LogP contribution in [0.3, 0.4) is 0 Å². The van der Waals surface area contributed by atoms with Gasteiger partial charge in [0.25, 0.3) is 0 Å². The highest BCUT2D eigenvalue weighted by molar-refractivity contribution is 5.71. The molecule has 0 aromatic carbocycles. The predicted molar refractivity (Wildman–Crippen MR) is 54.7 cm³/mol. The molecule has 1 aliphatic heterocycles. The fraction of sp³-hybridized carbons (Fsp3) is 0.900. The molecule has 0 aliphatic carbocycles. The molecule has 5 nitrogen and oxygen atoms in total. The van der Waals surface area contributed by atoms with Crippen molar-refractivity contribution < 1.29 is 19.0 Å². The number of likely N-dealkylation sites (tertiary alicyclic amines) is 1. The first-order valence-electron chi connectivity index (χ1n) is 5.14. The SMILES string of the molecule is CCOC(=O)CN1CC(OC)C(OC)C1. The molecule has 0 radical (unpaired) electrons. The molecule has 0 saturated carbocycles. The Balaban J connectivity index is 2.36. The van der Waals surface area contributed by atoms with Gasteiger partial charge in [-0.05, 0) is 6.92 Å². The van der Waals surface area contributed by atoms with Gasteiger partial charge in [0.15, 0.2) is 0 Å². The van der Waals surface area contributed by atoms with E-state index in [1.807, 2.05) is 4.90 Å². The van der Waals surface area contributed by atoms with Crippen LogP contribution in [0.5, 0.6) is 0 Å². The van der Waals surface area contributed by atoms with Crippen LogP contribution in [-0.4, -0.2) is 63.5 Å². The zero-order chi connectivity index (χ0) is 11.3. The third kappa shape index (κ3) is 3.44. The zero-order valence-corrected chi connectivity index (χ0v) is 9.56. The number of rotatable bonds is 5. The normalized spacial score (nSPS) is 26.9. The van der Waals surface area contributed by atoms with Crippen LogP contribution in [0.1, 0.15) is 6.92 Å². The van der Waals surface area contributed by atoms with Crippen molar-refractivity contribution in [1.29, 1.82) is 0 Å². The molecule has 0 amide bonds. The lowest BCUT2D eigenvalue weighted by Gasteiger charge is -2.13. The minimum Gasteiger partial charge on any atom is -0.465 e. The third-order valence-electron chi connectivity index (χ3n) is 2.55. The van der Waals surface area contributed by atoms with Gasteiger partial charge in [-0.15, -0.1) is 0 Å². The van der Waals surface area contributed by atoms with E-state index in [0.717, 1.165) is 0 Å². The standard InChI is InChI=1S/C10H19NO4/c1-4-15-10(12)7-11-5-8(13-2)9(6-11)14-3/h8-9H,4-7H2,1-3H3. The van der Waals surface area contributed by atoms with E-state index in [1.54, 1.807) is 21.1 Å². The molecule has 88 valence electrons. The molecule has 1 fully saturated rings. The lowest BCUT2D eigenvalue weighted by Crippen LogP contribution is -2.30. The second-order valence-corrected chi connectivity index (χ2v) is 3.55. The molecule has 0 aromatic rings. The van der Waals surface area contributed by atoms with Gasteiger partial charge in [0.05, 0.1) is 25.4 Å². The minimum absolute atomic E-state index is 0.0458. The molecule has 0 spiro atoms. The average Bonchev–Trinajstić information content (AvgIpc) is 2.60. The van der Waals surface area contributed by atoms with E-state index in [9.17, 15) is 4.79 Å². The van der Waals surface area contributed by atoms with Gasteiger partial charge in [-0.25, -0.2) is 0 Å². The molecule has 1 rings (SSSR count). The van der Waals surface area contributed by atoms with E-state index in [1.165, 1.54) is 0 Å². The molecule has 0 N–H and O–H groups in total. The summed E-state index contributed by atoms with van der Waals surface area (Å²) in [6.45, 7) is 3.97. The monoisotopic (exact) mass is 217 g/mol. The molecule has 0 aromatic heterocycles. The lowest BCUT2D eigenvalue weighted by molar-refractivity contribution is -0.144. The summed E-state index contributed by atoms with van der Waals surface area (Å²) in [5.41, 5.74) is 0. The van der Waals surface area contributed by atoms with Gasteiger partial charge < -0.3 is 14.2 Å². The molecule has 1 saturated heterocycles. The fourth-order valence-electron chi connectivity index (χ4n) is 1.79. The smallest absolute Gasteiger partial charge is 0.320 e. The summed E-state index contributed by atoms with van der Waals surface area (Å²) < 4.78 is 15.4. The van der Waals surface area contributed by atoms with Crippen LogP contribution < -0.4 is 0 Å². The van der Waals surface area contributed by atoms with Gasteiger partial charge in [0, 0.05) is 27.3 Å². The Labute approximate surface area is 90.3 Å². The van der Waals surface area contributed by atoms with Crippen LogP contribution in [-0.2, 0) is 19.0 Å².